The molecule has 1 aromatic carbocycles. The van der Waals surface area contributed by atoms with Gasteiger partial charge in [-0.05, 0) is 35.8 Å². The first-order valence-corrected chi connectivity index (χ1v) is 4.98. The number of hydrogen-bond donors (Lipinski definition) is 1. The molecule has 0 aliphatic heterocycles. The summed E-state index contributed by atoms with van der Waals surface area (Å²) < 4.78 is 18.8. The molecular formula is C10H12BrFO2. The maximum Gasteiger partial charge on any atom is 0.143 e. The molecule has 0 saturated heterocycles. The summed E-state index contributed by atoms with van der Waals surface area (Å²) in [6.07, 6.45) is -0.680. The highest BCUT2D eigenvalue weighted by Crippen LogP contribution is 2.34. The van der Waals surface area contributed by atoms with Crippen LogP contribution in [0.2, 0.25) is 0 Å². The minimum Gasteiger partial charge on any atom is -0.496 e. The van der Waals surface area contributed by atoms with Gasteiger partial charge in [0, 0.05) is 11.1 Å². The molecule has 0 radical (unpaired) electrons. The summed E-state index contributed by atoms with van der Waals surface area (Å²) >= 11 is 3.09. The first kappa shape index (κ1) is 11.5. The van der Waals surface area contributed by atoms with Gasteiger partial charge in [0.15, 0.2) is 0 Å². The summed E-state index contributed by atoms with van der Waals surface area (Å²) in [4.78, 5) is 0. The van der Waals surface area contributed by atoms with E-state index in [2.05, 4.69) is 15.9 Å². The van der Waals surface area contributed by atoms with Gasteiger partial charge in [0.25, 0.3) is 0 Å². The molecule has 0 spiro atoms. The number of ether oxygens (including phenoxy) is 1. The number of aliphatic hydroxyl groups is 1. The third-order valence-corrected chi connectivity index (χ3v) is 2.66. The van der Waals surface area contributed by atoms with Gasteiger partial charge in [-0.25, -0.2) is 4.39 Å². The van der Waals surface area contributed by atoms with E-state index in [-0.39, 0.29) is 5.82 Å². The summed E-state index contributed by atoms with van der Waals surface area (Å²) in [6, 6.07) is 1.53. The Hall–Kier alpha value is -0.610. The highest BCUT2D eigenvalue weighted by Gasteiger charge is 2.17. The van der Waals surface area contributed by atoms with Gasteiger partial charge in [0.1, 0.15) is 11.6 Å². The smallest absolute Gasteiger partial charge is 0.143 e. The minimum absolute atomic E-state index is 0.340. The van der Waals surface area contributed by atoms with E-state index in [1.165, 1.54) is 13.2 Å². The zero-order valence-electron chi connectivity index (χ0n) is 8.27. The van der Waals surface area contributed by atoms with Crippen LogP contribution in [0.5, 0.6) is 5.75 Å². The fourth-order valence-corrected chi connectivity index (χ4v) is 1.89. The Morgan fingerprint density at radius 3 is 2.57 bits per heavy atom. The second-order valence-electron chi connectivity index (χ2n) is 3.10. The van der Waals surface area contributed by atoms with Crippen molar-refractivity contribution >= 4 is 15.9 Å². The van der Waals surface area contributed by atoms with Gasteiger partial charge in [-0.15, -0.1) is 0 Å². The zero-order chi connectivity index (χ0) is 10.9. The fourth-order valence-electron chi connectivity index (χ4n) is 1.34. The number of aliphatic hydroxyl groups excluding tert-OH is 1. The lowest BCUT2D eigenvalue weighted by molar-refractivity contribution is 0.193. The van der Waals surface area contributed by atoms with E-state index >= 15 is 0 Å². The molecule has 0 fully saturated rings. The van der Waals surface area contributed by atoms with E-state index in [1.54, 1.807) is 13.8 Å². The van der Waals surface area contributed by atoms with Crippen LogP contribution in [-0.2, 0) is 0 Å². The average molecular weight is 263 g/mol. The highest BCUT2D eigenvalue weighted by molar-refractivity contribution is 9.10. The van der Waals surface area contributed by atoms with Gasteiger partial charge < -0.3 is 9.84 Å². The van der Waals surface area contributed by atoms with Crippen LogP contribution in [0.15, 0.2) is 10.5 Å². The van der Waals surface area contributed by atoms with Crippen molar-refractivity contribution in [1.82, 2.24) is 0 Å². The Labute approximate surface area is 90.8 Å². The lowest BCUT2D eigenvalue weighted by atomic mass is 10.1. The van der Waals surface area contributed by atoms with Crippen molar-refractivity contribution in [1.29, 1.82) is 0 Å². The van der Waals surface area contributed by atoms with Gasteiger partial charge >= 0.3 is 0 Å². The van der Waals surface area contributed by atoms with Gasteiger partial charge in [-0.1, -0.05) is 0 Å². The maximum atomic E-state index is 13.4. The van der Waals surface area contributed by atoms with Crippen LogP contribution in [0.25, 0.3) is 0 Å². The molecular weight excluding hydrogens is 251 g/mol. The Kier molecular flexibility index (Phi) is 3.50. The van der Waals surface area contributed by atoms with Crippen LogP contribution in [0.3, 0.4) is 0 Å². The van der Waals surface area contributed by atoms with Gasteiger partial charge in [0.05, 0.1) is 17.7 Å². The van der Waals surface area contributed by atoms with E-state index in [1.807, 2.05) is 0 Å². The minimum atomic E-state index is -0.680. The van der Waals surface area contributed by atoms with Crippen LogP contribution in [0, 0.1) is 12.7 Å². The van der Waals surface area contributed by atoms with Crippen molar-refractivity contribution < 1.29 is 14.2 Å². The van der Waals surface area contributed by atoms with Crippen LogP contribution in [0.1, 0.15) is 24.2 Å². The van der Waals surface area contributed by atoms with Gasteiger partial charge in [-0.2, -0.15) is 0 Å². The van der Waals surface area contributed by atoms with E-state index in [0.29, 0.717) is 21.3 Å². The van der Waals surface area contributed by atoms with Crippen molar-refractivity contribution in [2.24, 2.45) is 0 Å². The van der Waals surface area contributed by atoms with Crippen molar-refractivity contribution in [2.75, 3.05) is 7.11 Å². The number of halogens is 2. The highest BCUT2D eigenvalue weighted by atomic mass is 79.9. The van der Waals surface area contributed by atoms with Crippen LogP contribution >= 0.6 is 15.9 Å². The van der Waals surface area contributed by atoms with Crippen LogP contribution in [-0.4, -0.2) is 12.2 Å². The normalized spacial score (nSPS) is 12.7. The molecule has 1 atom stereocenters. The summed E-state index contributed by atoms with van der Waals surface area (Å²) in [6.45, 7) is 3.23. The number of methoxy groups -OCH3 is 1. The number of benzene rings is 1. The zero-order valence-corrected chi connectivity index (χ0v) is 9.85. The standard InChI is InChI=1S/C10H12BrFO2/c1-5-9(12)8(11)4-7(6(2)13)10(5)14-3/h4,6,13H,1-3H3. The Morgan fingerprint density at radius 2 is 2.14 bits per heavy atom. The van der Waals surface area contributed by atoms with E-state index in [4.69, 9.17) is 4.74 Å². The van der Waals surface area contributed by atoms with Crippen molar-refractivity contribution in [3.8, 4) is 5.75 Å². The van der Waals surface area contributed by atoms with Crippen molar-refractivity contribution in [2.45, 2.75) is 20.0 Å². The molecule has 0 aromatic heterocycles. The molecule has 4 heteroatoms. The first-order valence-electron chi connectivity index (χ1n) is 4.19. The van der Waals surface area contributed by atoms with E-state index in [0.717, 1.165) is 0 Å². The Balaban J connectivity index is 3.43. The second-order valence-corrected chi connectivity index (χ2v) is 3.95. The Morgan fingerprint density at radius 1 is 1.57 bits per heavy atom. The Bertz CT molecular complexity index is 350. The lowest BCUT2D eigenvalue weighted by Gasteiger charge is -2.15. The maximum absolute atomic E-state index is 13.4. The first-order chi connectivity index (χ1) is 6.49. The average Bonchev–Trinajstić information content (AvgIpc) is 2.13. The van der Waals surface area contributed by atoms with E-state index < -0.39 is 6.10 Å². The van der Waals surface area contributed by atoms with Crippen molar-refractivity contribution in [3.63, 3.8) is 0 Å². The van der Waals surface area contributed by atoms with E-state index in [9.17, 15) is 9.50 Å². The van der Waals surface area contributed by atoms with Gasteiger partial charge in [-0.3, -0.25) is 0 Å². The molecule has 0 aliphatic carbocycles. The second kappa shape index (κ2) is 4.28. The molecule has 0 aliphatic rings. The van der Waals surface area contributed by atoms with Crippen LogP contribution in [0.4, 0.5) is 4.39 Å². The monoisotopic (exact) mass is 262 g/mol. The molecule has 0 amide bonds. The molecule has 14 heavy (non-hydrogen) atoms. The summed E-state index contributed by atoms with van der Waals surface area (Å²) in [7, 11) is 1.46. The predicted octanol–water partition coefficient (Wildman–Crippen LogP) is 2.96. The molecule has 1 rings (SSSR count). The third-order valence-electron chi connectivity index (χ3n) is 2.08. The van der Waals surface area contributed by atoms with Gasteiger partial charge in [0.2, 0.25) is 0 Å². The quantitative estimate of drug-likeness (QED) is 0.888. The fraction of sp³-hybridized carbons (Fsp3) is 0.400. The molecule has 0 heterocycles. The largest absolute Gasteiger partial charge is 0.496 e. The summed E-state index contributed by atoms with van der Waals surface area (Å²) in [5.74, 6) is 0.0481. The molecule has 78 valence electrons. The number of hydrogen-bond acceptors (Lipinski definition) is 2. The predicted molar refractivity (Wildman–Crippen MR) is 56.0 cm³/mol. The van der Waals surface area contributed by atoms with Crippen molar-refractivity contribution in [3.05, 3.63) is 27.5 Å². The SMILES string of the molecule is COc1c(C(C)O)cc(Br)c(F)c1C. The summed E-state index contributed by atoms with van der Waals surface area (Å²) in [5.41, 5.74) is 0.982. The molecule has 0 saturated carbocycles. The molecule has 0 bridgehead atoms. The summed E-state index contributed by atoms with van der Waals surface area (Å²) in [5, 5.41) is 9.45. The third kappa shape index (κ3) is 1.91. The molecule has 1 unspecified atom stereocenters. The molecule has 2 nitrogen and oxygen atoms in total. The molecule has 1 N–H and O–H groups in total. The molecule has 1 aromatic rings. The topological polar surface area (TPSA) is 29.5 Å². The lowest BCUT2D eigenvalue weighted by Crippen LogP contribution is -2.01. The van der Waals surface area contributed by atoms with Crippen LogP contribution < -0.4 is 4.74 Å². The number of rotatable bonds is 2.